The number of hydrogen-bond acceptors (Lipinski definition) is 5. The molecule has 0 atom stereocenters. The van der Waals surface area contributed by atoms with Gasteiger partial charge in [-0.1, -0.05) is 60.7 Å². The second kappa shape index (κ2) is 10.1. The highest BCUT2D eigenvalue weighted by Crippen LogP contribution is 2.30. The third-order valence-electron chi connectivity index (χ3n) is 5.66. The quantitative estimate of drug-likeness (QED) is 0.535. The largest absolute Gasteiger partial charge is 0.493 e. The third-order valence-corrected chi connectivity index (χ3v) is 5.66. The summed E-state index contributed by atoms with van der Waals surface area (Å²) in [6.45, 7) is 3.69. The first-order valence-electron chi connectivity index (χ1n) is 10.6. The Hall–Kier alpha value is -3.31. The number of benzene rings is 3. The lowest BCUT2D eigenvalue weighted by Gasteiger charge is -2.38. The first kappa shape index (κ1) is 20.9. The predicted molar refractivity (Wildman–Crippen MR) is 125 cm³/mol. The van der Waals surface area contributed by atoms with Gasteiger partial charge < -0.3 is 9.47 Å². The molecule has 160 valence electrons. The van der Waals surface area contributed by atoms with Gasteiger partial charge in [-0.05, 0) is 34.9 Å². The van der Waals surface area contributed by atoms with E-state index in [2.05, 4.69) is 70.6 Å². The van der Waals surface area contributed by atoms with E-state index < -0.39 is 0 Å². The minimum Gasteiger partial charge on any atom is -0.493 e. The molecule has 1 aliphatic heterocycles. The first-order valence-corrected chi connectivity index (χ1v) is 10.6. The van der Waals surface area contributed by atoms with Crippen molar-refractivity contribution in [1.82, 2.24) is 9.91 Å². The Labute approximate surface area is 184 Å². The van der Waals surface area contributed by atoms with Gasteiger partial charge in [-0.2, -0.15) is 5.10 Å². The molecule has 0 aromatic heterocycles. The summed E-state index contributed by atoms with van der Waals surface area (Å²) < 4.78 is 10.7. The summed E-state index contributed by atoms with van der Waals surface area (Å²) in [5.41, 5.74) is 3.65. The second-order valence-electron chi connectivity index (χ2n) is 7.57. The van der Waals surface area contributed by atoms with Gasteiger partial charge in [0.2, 0.25) is 0 Å². The van der Waals surface area contributed by atoms with E-state index in [1.54, 1.807) is 14.2 Å². The maximum atomic E-state index is 5.39. The molecule has 0 amide bonds. The zero-order valence-electron chi connectivity index (χ0n) is 18.1. The highest BCUT2D eigenvalue weighted by molar-refractivity contribution is 5.80. The Bertz CT molecular complexity index is 945. The molecule has 0 spiro atoms. The van der Waals surface area contributed by atoms with E-state index in [9.17, 15) is 0 Å². The molecule has 0 bridgehead atoms. The average molecular weight is 416 g/mol. The topological polar surface area (TPSA) is 37.3 Å². The van der Waals surface area contributed by atoms with E-state index in [1.807, 2.05) is 24.4 Å². The normalized spacial score (nSPS) is 14.9. The highest BCUT2D eigenvalue weighted by Gasteiger charge is 2.25. The fourth-order valence-corrected chi connectivity index (χ4v) is 4.05. The highest BCUT2D eigenvalue weighted by atomic mass is 16.5. The summed E-state index contributed by atoms with van der Waals surface area (Å²) in [7, 11) is 3.29. The van der Waals surface area contributed by atoms with Gasteiger partial charge in [-0.15, -0.1) is 0 Å². The predicted octanol–water partition coefficient (Wildman–Crippen LogP) is 4.44. The molecular weight excluding hydrogens is 386 g/mol. The molecule has 0 radical (unpaired) electrons. The van der Waals surface area contributed by atoms with Crippen LogP contribution in [0.3, 0.4) is 0 Å². The lowest BCUT2D eigenvalue weighted by Crippen LogP contribution is -2.45. The molecule has 1 heterocycles. The number of hydrogen-bond donors (Lipinski definition) is 0. The third kappa shape index (κ3) is 5.06. The first-order chi connectivity index (χ1) is 15.3. The molecule has 0 saturated carbocycles. The van der Waals surface area contributed by atoms with Crippen molar-refractivity contribution >= 4 is 6.21 Å². The summed E-state index contributed by atoms with van der Waals surface area (Å²) in [4.78, 5) is 2.55. The number of rotatable bonds is 7. The van der Waals surface area contributed by atoms with E-state index in [0.29, 0.717) is 5.75 Å². The molecule has 0 aliphatic carbocycles. The Morgan fingerprint density at radius 3 is 1.87 bits per heavy atom. The van der Waals surface area contributed by atoms with Crippen molar-refractivity contribution in [2.45, 2.75) is 6.04 Å². The molecular formula is C26H29N3O2. The Kier molecular flexibility index (Phi) is 6.85. The maximum Gasteiger partial charge on any atom is 0.161 e. The van der Waals surface area contributed by atoms with Crippen molar-refractivity contribution in [1.29, 1.82) is 0 Å². The number of nitrogens with zero attached hydrogens (tertiary/aromatic N) is 3. The Morgan fingerprint density at radius 1 is 0.742 bits per heavy atom. The van der Waals surface area contributed by atoms with Crippen LogP contribution in [0, 0.1) is 0 Å². The van der Waals surface area contributed by atoms with Gasteiger partial charge in [0.05, 0.1) is 26.5 Å². The van der Waals surface area contributed by atoms with Crippen LogP contribution in [-0.4, -0.2) is 56.5 Å². The van der Waals surface area contributed by atoms with Crippen LogP contribution in [0.15, 0.2) is 84.0 Å². The van der Waals surface area contributed by atoms with Gasteiger partial charge in [0.15, 0.2) is 11.5 Å². The second-order valence-corrected chi connectivity index (χ2v) is 7.57. The van der Waals surface area contributed by atoms with Crippen molar-refractivity contribution in [3.8, 4) is 11.5 Å². The molecule has 4 rings (SSSR count). The summed E-state index contributed by atoms with van der Waals surface area (Å²) in [5.74, 6) is 1.44. The summed E-state index contributed by atoms with van der Waals surface area (Å²) in [6.07, 6.45) is 1.89. The van der Waals surface area contributed by atoms with Crippen LogP contribution in [0.1, 0.15) is 22.7 Å². The number of piperazine rings is 1. The van der Waals surface area contributed by atoms with E-state index in [4.69, 9.17) is 14.6 Å². The molecule has 3 aromatic carbocycles. The van der Waals surface area contributed by atoms with Crippen LogP contribution in [0.2, 0.25) is 0 Å². The molecule has 1 saturated heterocycles. The number of methoxy groups -OCH3 is 2. The molecule has 1 aliphatic rings. The molecule has 5 heteroatoms. The van der Waals surface area contributed by atoms with E-state index in [-0.39, 0.29) is 6.04 Å². The molecule has 0 unspecified atom stereocenters. The van der Waals surface area contributed by atoms with Crippen LogP contribution in [0.4, 0.5) is 0 Å². The van der Waals surface area contributed by atoms with Gasteiger partial charge >= 0.3 is 0 Å². The van der Waals surface area contributed by atoms with Crippen LogP contribution in [0.25, 0.3) is 0 Å². The summed E-state index contributed by atoms with van der Waals surface area (Å²) in [6, 6.07) is 27.6. The smallest absolute Gasteiger partial charge is 0.161 e. The minimum absolute atomic E-state index is 0.263. The van der Waals surface area contributed by atoms with Gasteiger partial charge in [0, 0.05) is 26.2 Å². The van der Waals surface area contributed by atoms with Gasteiger partial charge in [0.1, 0.15) is 0 Å². The Morgan fingerprint density at radius 2 is 1.32 bits per heavy atom. The van der Waals surface area contributed by atoms with Gasteiger partial charge in [-0.3, -0.25) is 9.91 Å². The zero-order valence-corrected chi connectivity index (χ0v) is 18.1. The van der Waals surface area contributed by atoms with Crippen molar-refractivity contribution in [3.63, 3.8) is 0 Å². The summed E-state index contributed by atoms with van der Waals surface area (Å²) >= 11 is 0. The van der Waals surface area contributed by atoms with Gasteiger partial charge in [0.25, 0.3) is 0 Å². The van der Waals surface area contributed by atoms with Gasteiger partial charge in [-0.25, -0.2) is 0 Å². The van der Waals surface area contributed by atoms with Crippen LogP contribution in [0.5, 0.6) is 11.5 Å². The molecule has 3 aromatic rings. The lowest BCUT2D eigenvalue weighted by molar-refractivity contribution is 0.113. The monoisotopic (exact) mass is 415 g/mol. The average Bonchev–Trinajstić information content (AvgIpc) is 2.85. The van der Waals surface area contributed by atoms with Crippen LogP contribution in [-0.2, 0) is 0 Å². The standard InChI is InChI=1S/C26H29N3O2/c1-30-24-14-13-21(19-25(24)31-2)20-27-29-17-15-28(16-18-29)26(22-9-5-3-6-10-22)23-11-7-4-8-12-23/h3-14,19-20,26H,15-18H2,1-2H3/b27-20-. The number of ether oxygens (including phenoxy) is 2. The van der Waals surface area contributed by atoms with Crippen molar-refractivity contribution in [3.05, 3.63) is 95.6 Å². The minimum atomic E-state index is 0.263. The maximum absolute atomic E-state index is 5.39. The molecule has 1 fully saturated rings. The van der Waals surface area contributed by atoms with E-state index in [1.165, 1.54) is 11.1 Å². The van der Waals surface area contributed by atoms with Crippen LogP contribution < -0.4 is 9.47 Å². The lowest BCUT2D eigenvalue weighted by atomic mass is 9.96. The summed E-state index contributed by atoms with van der Waals surface area (Å²) in [5, 5.41) is 6.85. The van der Waals surface area contributed by atoms with Crippen molar-refractivity contribution in [2.75, 3.05) is 40.4 Å². The van der Waals surface area contributed by atoms with Crippen molar-refractivity contribution in [2.24, 2.45) is 5.10 Å². The fourth-order valence-electron chi connectivity index (χ4n) is 4.05. The molecule has 5 nitrogen and oxygen atoms in total. The van der Waals surface area contributed by atoms with Crippen LogP contribution >= 0.6 is 0 Å². The van der Waals surface area contributed by atoms with E-state index >= 15 is 0 Å². The van der Waals surface area contributed by atoms with Crippen molar-refractivity contribution < 1.29 is 9.47 Å². The Balaban J connectivity index is 1.44. The zero-order chi connectivity index (χ0) is 21.5. The number of hydrazone groups is 1. The van der Waals surface area contributed by atoms with E-state index in [0.717, 1.165) is 37.5 Å². The molecule has 0 N–H and O–H groups in total. The fraction of sp³-hybridized carbons (Fsp3) is 0.269. The SMILES string of the molecule is COc1ccc(/C=N\N2CCN(C(c3ccccc3)c3ccccc3)CC2)cc1OC. The molecule has 31 heavy (non-hydrogen) atoms.